The van der Waals surface area contributed by atoms with E-state index in [9.17, 15) is 14.0 Å². The molecule has 3 aliphatic heterocycles. The van der Waals surface area contributed by atoms with Gasteiger partial charge in [-0.2, -0.15) is 5.10 Å². The monoisotopic (exact) mass is 569 g/mol. The number of amides is 1. The quantitative estimate of drug-likeness (QED) is 0.306. The van der Waals surface area contributed by atoms with Gasteiger partial charge in [0.05, 0.1) is 18.2 Å². The van der Waals surface area contributed by atoms with E-state index >= 15 is 4.39 Å². The number of nitrogens with zero attached hydrogens (tertiary/aromatic N) is 5. The van der Waals surface area contributed by atoms with Gasteiger partial charge in [0.15, 0.2) is 11.9 Å². The van der Waals surface area contributed by atoms with E-state index in [4.69, 9.17) is 14.8 Å². The Bertz CT molecular complexity index is 1780. The molecule has 1 aliphatic carbocycles. The summed E-state index contributed by atoms with van der Waals surface area (Å²) in [6, 6.07) is 13.1. The number of hydrogen-bond donors (Lipinski definition) is 0. The van der Waals surface area contributed by atoms with Gasteiger partial charge in [0.25, 0.3) is 5.91 Å². The van der Waals surface area contributed by atoms with E-state index in [2.05, 4.69) is 0 Å². The fraction of sp³-hybridized carbons (Fsp3) is 0.375. The molecule has 4 aliphatic rings. The van der Waals surface area contributed by atoms with Gasteiger partial charge in [-0.05, 0) is 80.1 Å². The Morgan fingerprint density at radius 3 is 2.69 bits per heavy atom. The van der Waals surface area contributed by atoms with Crippen molar-refractivity contribution in [1.29, 1.82) is 0 Å². The van der Waals surface area contributed by atoms with Crippen LogP contribution in [0.2, 0.25) is 0 Å². The molecule has 1 amide bonds. The summed E-state index contributed by atoms with van der Waals surface area (Å²) in [6.07, 6.45) is 3.47. The zero-order chi connectivity index (χ0) is 28.7. The van der Waals surface area contributed by atoms with E-state index in [1.54, 1.807) is 33.7 Å². The molecule has 1 saturated carbocycles. The molecule has 2 aromatic heterocycles. The highest BCUT2D eigenvalue weighted by Gasteiger charge is 2.44. The van der Waals surface area contributed by atoms with E-state index in [-0.39, 0.29) is 41.8 Å². The molecule has 0 N–H and O–H groups in total. The molecule has 3 fully saturated rings. The molecule has 0 radical (unpaired) electrons. The van der Waals surface area contributed by atoms with Crippen molar-refractivity contribution in [3.8, 4) is 11.3 Å². The Balaban J connectivity index is 1.12. The summed E-state index contributed by atoms with van der Waals surface area (Å²) in [5.41, 5.74) is 5.04. The van der Waals surface area contributed by atoms with Crippen LogP contribution < -0.4 is 4.90 Å². The second kappa shape index (κ2) is 9.34. The van der Waals surface area contributed by atoms with Crippen LogP contribution in [0.15, 0.2) is 48.5 Å². The van der Waals surface area contributed by atoms with Gasteiger partial charge in [0, 0.05) is 47.9 Å². The maximum Gasteiger partial charge on any atom is 0.308 e. The van der Waals surface area contributed by atoms with Crippen molar-refractivity contribution in [2.45, 2.75) is 57.2 Å². The number of fused-ring (bicyclic) bond motifs is 3. The predicted molar refractivity (Wildman–Crippen MR) is 150 cm³/mol. The molecular formula is C32H29F2N5O3. The second-order valence-corrected chi connectivity index (χ2v) is 11.9. The third-order valence-corrected chi connectivity index (χ3v) is 9.27. The van der Waals surface area contributed by atoms with Gasteiger partial charge < -0.3 is 14.5 Å². The lowest BCUT2D eigenvalue weighted by Gasteiger charge is -2.35. The number of benzene rings is 2. The highest BCUT2D eigenvalue weighted by Crippen LogP contribution is 2.42. The smallest absolute Gasteiger partial charge is 0.308 e. The molecule has 4 aromatic rings. The van der Waals surface area contributed by atoms with Gasteiger partial charge in [-0.25, -0.2) is 18.3 Å². The van der Waals surface area contributed by atoms with Crippen molar-refractivity contribution in [3.63, 3.8) is 0 Å². The average Bonchev–Trinajstić information content (AvgIpc) is 3.45. The van der Waals surface area contributed by atoms with Crippen LogP contribution in [0.4, 0.5) is 14.5 Å². The Kier molecular flexibility index (Phi) is 5.64. The standard InChI is InChI=1S/C32H29F2N5O3/c1-17-23-6-4-21(33)12-19(23)8-10-37(17)31(41)27-15-28(18-2-3-18)39-29(35-27)16-26(36-39)24-7-5-22(14-25(24)34)38-11-9-20-13-30(40)42-32(20)38/h4-7,12,14-18,20,32H,2-3,8-11,13H2,1H3/t17-,20+,32-/m1/s1. The fourth-order valence-electron chi connectivity index (χ4n) is 6.89. The second-order valence-electron chi connectivity index (χ2n) is 11.9. The highest BCUT2D eigenvalue weighted by molar-refractivity contribution is 5.93. The van der Waals surface area contributed by atoms with Crippen LogP contribution in [0.3, 0.4) is 0 Å². The summed E-state index contributed by atoms with van der Waals surface area (Å²) in [4.78, 5) is 34.0. The van der Waals surface area contributed by atoms with Gasteiger partial charge in [-0.3, -0.25) is 9.59 Å². The lowest BCUT2D eigenvalue weighted by Crippen LogP contribution is -2.39. The molecule has 42 heavy (non-hydrogen) atoms. The lowest BCUT2D eigenvalue weighted by atomic mass is 9.93. The first-order valence-corrected chi connectivity index (χ1v) is 14.6. The molecule has 10 heteroatoms. The number of hydrogen-bond acceptors (Lipinski definition) is 6. The highest BCUT2D eigenvalue weighted by atomic mass is 19.1. The molecule has 3 atom stereocenters. The van der Waals surface area contributed by atoms with E-state index in [0.717, 1.165) is 36.1 Å². The summed E-state index contributed by atoms with van der Waals surface area (Å²) >= 11 is 0. The van der Waals surface area contributed by atoms with Crippen LogP contribution in [-0.2, 0) is 16.0 Å². The topological polar surface area (TPSA) is 80.0 Å². The van der Waals surface area contributed by atoms with Gasteiger partial charge in [0.1, 0.15) is 17.3 Å². The van der Waals surface area contributed by atoms with Gasteiger partial charge in [-0.15, -0.1) is 0 Å². The minimum absolute atomic E-state index is 0.146. The Labute approximate surface area is 240 Å². The fourth-order valence-corrected chi connectivity index (χ4v) is 6.89. The average molecular weight is 570 g/mol. The van der Waals surface area contributed by atoms with E-state index < -0.39 is 5.82 Å². The number of ether oxygens (including phenoxy) is 1. The van der Waals surface area contributed by atoms with Crippen LogP contribution in [0.1, 0.15) is 71.9 Å². The van der Waals surface area contributed by atoms with Crippen LogP contribution in [0.5, 0.6) is 0 Å². The molecule has 0 spiro atoms. The maximum absolute atomic E-state index is 15.6. The molecule has 5 heterocycles. The lowest BCUT2D eigenvalue weighted by molar-refractivity contribution is -0.141. The van der Waals surface area contributed by atoms with Gasteiger partial charge >= 0.3 is 5.97 Å². The first-order valence-electron chi connectivity index (χ1n) is 14.6. The Morgan fingerprint density at radius 2 is 1.88 bits per heavy atom. The van der Waals surface area contributed by atoms with Gasteiger partial charge in [0.2, 0.25) is 0 Å². The zero-order valence-electron chi connectivity index (χ0n) is 23.1. The van der Waals surface area contributed by atoms with Crippen LogP contribution in [0, 0.1) is 17.6 Å². The first-order chi connectivity index (χ1) is 20.3. The normalized spacial score (nSPS) is 23.3. The summed E-state index contributed by atoms with van der Waals surface area (Å²) in [7, 11) is 0. The third-order valence-electron chi connectivity index (χ3n) is 9.27. The minimum Gasteiger partial charge on any atom is -0.441 e. The van der Waals surface area contributed by atoms with Crippen molar-refractivity contribution >= 4 is 23.2 Å². The Hall–Kier alpha value is -4.34. The van der Waals surface area contributed by atoms with Crippen LogP contribution in [-0.4, -0.2) is 50.7 Å². The van der Waals surface area contributed by atoms with Crippen LogP contribution >= 0.6 is 0 Å². The molecule has 8 nitrogen and oxygen atoms in total. The largest absolute Gasteiger partial charge is 0.441 e. The van der Waals surface area contributed by atoms with Crippen molar-refractivity contribution in [3.05, 3.63) is 82.7 Å². The SMILES string of the molecule is C[C@@H]1c2ccc(F)cc2CCN1C(=O)c1cc(C2CC2)n2nc(-c3ccc(N4CC[C@H]5CC(=O)O[C@H]54)cc3F)cc2n1. The Morgan fingerprint density at radius 1 is 1.02 bits per heavy atom. The molecule has 0 unspecified atom stereocenters. The number of halogens is 2. The van der Waals surface area contributed by atoms with E-state index in [1.165, 1.54) is 12.1 Å². The zero-order valence-corrected chi connectivity index (χ0v) is 23.1. The van der Waals surface area contributed by atoms with E-state index in [1.807, 2.05) is 24.0 Å². The number of carbonyl (C=O) groups excluding carboxylic acids is 2. The number of anilines is 1. The maximum atomic E-state index is 15.6. The van der Waals surface area contributed by atoms with Crippen molar-refractivity contribution in [2.75, 3.05) is 18.0 Å². The van der Waals surface area contributed by atoms with Crippen molar-refractivity contribution in [2.24, 2.45) is 5.92 Å². The first kappa shape index (κ1) is 25.4. The molecule has 2 saturated heterocycles. The molecule has 2 aromatic carbocycles. The molecule has 0 bridgehead atoms. The predicted octanol–water partition coefficient (Wildman–Crippen LogP) is 5.41. The number of aromatic nitrogens is 3. The molecule has 214 valence electrons. The molecule has 8 rings (SSSR count). The number of rotatable bonds is 4. The van der Waals surface area contributed by atoms with E-state index in [0.29, 0.717) is 54.2 Å². The van der Waals surface area contributed by atoms with Crippen molar-refractivity contribution < 1.29 is 23.1 Å². The third kappa shape index (κ3) is 4.06. The minimum atomic E-state index is -0.426. The van der Waals surface area contributed by atoms with Crippen LogP contribution in [0.25, 0.3) is 16.9 Å². The summed E-state index contributed by atoms with van der Waals surface area (Å²) in [5, 5.41) is 4.73. The number of esters is 1. The summed E-state index contributed by atoms with van der Waals surface area (Å²) < 4.78 is 36.6. The van der Waals surface area contributed by atoms with Crippen molar-refractivity contribution in [1.82, 2.24) is 19.5 Å². The number of carbonyl (C=O) groups is 2. The summed E-state index contributed by atoms with van der Waals surface area (Å²) in [6.45, 7) is 3.14. The summed E-state index contributed by atoms with van der Waals surface area (Å²) in [5.74, 6) is -0.673. The molecular weight excluding hydrogens is 540 g/mol. The van der Waals surface area contributed by atoms with Gasteiger partial charge in [-0.1, -0.05) is 6.07 Å².